The number of aromatic nitrogens is 1. The van der Waals surface area contributed by atoms with Crippen LogP contribution in [0.25, 0.3) is 10.9 Å². The van der Waals surface area contributed by atoms with Crippen molar-refractivity contribution in [2.45, 2.75) is 12.8 Å². The van der Waals surface area contributed by atoms with E-state index in [4.69, 9.17) is 9.47 Å². The molecule has 1 aliphatic rings. The topological polar surface area (TPSA) is 54.6 Å². The van der Waals surface area contributed by atoms with Gasteiger partial charge in [0.15, 0.2) is 0 Å². The summed E-state index contributed by atoms with van der Waals surface area (Å²) in [6, 6.07) is 13.8. The molecule has 5 nitrogen and oxygen atoms in total. The minimum atomic E-state index is -0.0474. The Hall–Kier alpha value is -2.95. The van der Waals surface area contributed by atoms with Gasteiger partial charge in [-0.2, -0.15) is 0 Å². The second kappa shape index (κ2) is 6.75. The van der Waals surface area contributed by atoms with Crippen LogP contribution in [0.5, 0.6) is 11.5 Å². The van der Waals surface area contributed by atoms with Gasteiger partial charge in [-0.15, -0.1) is 0 Å². The van der Waals surface area contributed by atoms with Gasteiger partial charge in [0, 0.05) is 36.1 Å². The summed E-state index contributed by atoms with van der Waals surface area (Å²) in [5, 5.41) is 1.26. The Balaban J connectivity index is 1.63. The molecule has 0 saturated heterocycles. The van der Waals surface area contributed by atoms with Gasteiger partial charge >= 0.3 is 0 Å². The predicted octanol–water partition coefficient (Wildman–Crippen LogP) is 3.43. The Labute approximate surface area is 152 Å². The first-order chi connectivity index (χ1) is 12.7. The van der Waals surface area contributed by atoms with Crippen molar-refractivity contribution in [1.82, 2.24) is 9.88 Å². The summed E-state index contributed by atoms with van der Waals surface area (Å²) < 4.78 is 10.8. The van der Waals surface area contributed by atoms with E-state index in [1.165, 1.54) is 22.2 Å². The normalized spacial score (nSPS) is 14.0. The summed E-state index contributed by atoms with van der Waals surface area (Å²) in [5.74, 6) is 1.04. The molecule has 1 aromatic heterocycles. The van der Waals surface area contributed by atoms with E-state index in [1.807, 2.05) is 17.0 Å². The monoisotopic (exact) mass is 350 g/mol. The molecular weight excluding hydrogens is 328 g/mol. The summed E-state index contributed by atoms with van der Waals surface area (Å²) in [4.78, 5) is 18.6. The van der Waals surface area contributed by atoms with Gasteiger partial charge in [-0.3, -0.25) is 4.79 Å². The van der Waals surface area contributed by atoms with E-state index in [0.29, 0.717) is 30.2 Å². The Kier molecular flexibility index (Phi) is 4.29. The standard InChI is InChI=1S/C21H22N2O3/c1-25-18-8-5-9-19(26-2)20(18)21(24)23-12-10-15-14-6-3-4-7-16(14)22-17(15)11-13-23/h3-9,22H,10-13H2,1-2H3. The molecule has 0 radical (unpaired) electrons. The van der Waals surface area contributed by atoms with Gasteiger partial charge in [-0.25, -0.2) is 0 Å². The average molecular weight is 350 g/mol. The third kappa shape index (κ3) is 2.69. The van der Waals surface area contributed by atoms with Crippen LogP contribution in [0, 0.1) is 0 Å². The number of para-hydroxylation sites is 1. The van der Waals surface area contributed by atoms with E-state index < -0.39 is 0 Å². The molecule has 2 aromatic carbocycles. The van der Waals surface area contributed by atoms with Crippen LogP contribution in [-0.4, -0.2) is 43.1 Å². The number of nitrogens with zero attached hydrogens (tertiary/aromatic N) is 1. The number of ether oxygens (including phenoxy) is 2. The van der Waals surface area contributed by atoms with Gasteiger partial charge in [-0.1, -0.05) is 24.3 Å². The molecule has 0 bridgehead atoms. The van der Waals surface area contributed by atoms with Crippen LogP contribution in [-0.2, 0) is 12.8 Å². The van der Waals surface area contributed by atoms with Gasteiger partial charge in [0.1, 0.15) is 17.1 Å². The van der Waals surface area contributed by atoms with Crippen molar-refractivity contribution in [1.29, 1.82) is 0 Å². The van der Waals surface area contributed by atoms with Crippen molar-refractivity contribution in [2.75, 3.05) is 27.3 Å². The number of hydrogen-bond donors (Lipinski definition) is 1. The third-order valence-corrected chi connectivity index (χ3v) is 5.09. The molecule has 3 aromatic rings. The minimum absolute atomic E-state index is 0.0474. The van der Waals surface area contributed by atoms with Gasteiger partial charge < -0.3 is 19.4 Å². The number of fused-ring (bicyclic) bond motifs is 3. The number of hydrogen-bond acceptors (Lipinski definition) is 3. The lowest BCUT2D eigenvalue weighted by Crippen LogP contribution is -2.33. The van der Waals surface area contributed by atoms with Crippen molar-refractivity contribution in [3.05, 3.63) is 59.3 Å². The Morgan fingerprint density at radius 3 is 2.38 bits per heavy atom. The van der Waals surface area contributed by atoms with Crippen molar-refractivity contribution in [3.8, 4) is 11.5 Å². The van der Waals surface area contributed by atoms with Crippen LogP contribution in [0.1, 0.15) is 21.6 Å². The van der Waals surface area contributed by atoms with Crippen molar-refractivity contribution >= 4 is 16.8 Å². The maximum absolute atomic E-state index is 13.2. The lowest BCUT2D eigenvalue weighted by molar-refractivity contribution is 0.0756. The maximum Gasteiger partial charge on any atom is 0.261 e. The molecule has 0 unspecified atom stereocenters. The highest BCUT2D eigenvalue weighted by molar-refractivity contribution is 6.00. The van der Waals surface area contributed by atoms with Crippen LogP contribution in [0.4, 0.5) is 0 Å². The molecule has 134 valence electrons. The van der Waals surface area contributed by atoms with E-state index in [0.717, 1.165) is 12.8 Å². The largest absolute Gasteiger partial charge is 0.496 e. The van der Waals surface area contributed by atoms with Gasteiger partial charge in [0.25, 0.3) is 5.91 Å². The molecule has 1 aliphatic heterocycles. The maximum atomic E-state index is 13.2. The van der Waals surface area contributed by atoms with Crippen LogP contribution in [0.3, 0.4) is 0 Å². The Morgan fingerprint density at radius 2 is 1.65 bits per heavy atom. The van der Waals surface area contributed by atoms with E-state index in [1.54, 1.807) is 26.4 Å². The molecule has 0 fully saturated rings. The smallest absolute Gasteiger partial charge is 0.261 e. The number of carbonyl (C=O) groups is 1. The van der Waals surface area contributed by atoms with Crippen molar-refractivity contribution < 1.29 is 14.3 Å². The fraction of sp³-hybridized carbons (Fsp3) is 0.286. The second-order valence-electron chi connectivity index (χ2n) is 6.46. The first kappa shape index (κ1) is 16.5. The summed E-state index contributed by atoms with van der Waals surface area (Å²) in [5.41, 5.74) is 4.22. The minimum Gasteiger partial charge on any atom is -0.496 e. The SMILES string of the molecule is COc1cccc(OC)c1C(=O)N1CCc2[nH]c3ccccc3c2CC1. The highest BCUT2D eigenvalue weighted by Gasteiger charge is 2.26. The molecule has 0 spiro atoms. The van der Waals surface area contributed by atoms with Crippen LogP contribution < -0.4 is 9.47 Å². The number of rotatable bonds is 3. The van der Waals surface area contributed by atoms with Crippen molar-refractivity contribution in [2.24, 2.45) is 0 Å². The van der Waals surface area contributed by atoms with Crippen LogP contribution in [0.2, 0.25) is 0 Å². The average Bonchev–Trinajstić information content (AvgIpc) is 2.91. The molecule has 26 heavy (non-hydrogen) atoms. The van der Waals surface area contributed by atoms with E-state index in [2.05, 4.69) is 23.2 Å². The number of H-pyrrole nitrogens is 1. The van der Waals surface area contributed by atoms with E-state index in [-0.39, 0.29) is 5.91 Å². The zero-order valence-electron chi connectivity index (χ0n) is 15.0. The Bertz CT molecular complexity index is 939. The number of benzene rings is 2. The lowest BCUT2D eigenvalue weighted by Gasteiger charge is -2.22. The molecule has 4 rings (SSSR count). The molecule has 0 atom stereocenters. The molecule has 1 amide bonds. The first-order valence-electron chi connectivity index (χ1n) is 8.81. The number of nitrogens with one attached hydrogen (secondary N) is 1. The van der Waals surface area contributed by atoms with E-state index >= 15 is 0 Å². The zero-order chi connectivity index (χ0) is 18.1. The van der Waals surface area contributed by atoms with Gasteiger partial charge in [0.05, 0.1) is 14.2 Å². The van der Waals surface area contributed by atoms with E-state index in [9.17, 15) is 4.79 Å². The zero-order valence-corrected chi connectivity index (χ0v) is 15.0. The first-order valence-corrected chi connectivity index (χ1v) is 8.81. The molecule has 5 heteroatoms. The fourth-order valence-electron chi connectivity index (χ4n) is 3.78. The number of carbonyl (C=O) groups excluding carboxylic acids is 1. The van der Waals surface area contributed by atoms with Gasteiger partial charge in [-0.05, 0) is 30.2 Å². The fourth-order valence-corrected chi connectivity index (χ4v) is 3.78. The highest BCUT2D eigenvalue weighted by Crippen LogP contribution is 2.31. The number of methoxy groups -OCH3 is 2. The second-order valence-corrected chi connectivity index (χ2v) is 6.46. The molecular formula is C21H22N2O3. The third-order valence-electron chi connectivity index (χ3n) is 5.09. The summed E-state index contributed by atoms with van der Waals surface area (Å²) >= 11 is 0. The number of aromatic amines is 1. The van der Waals surface area contributed by atoms with Crippen LogP contribution >= 0.6 is 0 Å². The number of amides is 1. The molecule has 0 aliphatic carbocycles. The predicted molar refractivity (Wildman–Crippen MR) is 101 cm³/mol. The Morgan fingerprint density at radius 1 is 0.962 bits per heavy atom. The quantitative estimate of drug-likeness (QED) is 0.787. The van der Waals surface area contributed by atoms with Gasteiger partial charge in [0.2, 0.25) is 0 Å². The van der Waals surface area contributed by atoms with Crippen LogP contribution in [0.15, 0.2) is 42.5 Å². The lowest BCUT2D eigenvalue weighted by atomic mass is 10.1. The molecule has 2 heterocycles. The summed E-state index contributed by atoms with van der Waals surface area (Å²) in [6.07, 6.45) is 1.65. The summed E-state index contributed by atoms with van der Waals surface area (Å²) in [6.45, 7) is 1.34. The summed E-state index contributed by atoms with van der Waals surface area (Å²) in [7, 11) is 3.15. The molecule has 0 saturated carbocycles. The highest BCUT2D eigenvalue weighted by atomic mass is 16.5. The molecule has 1 N–H and O–H groups in total. The van der Waals surface area contributed by atoms with Crippen molar-refractivity contribution in [3.63, 3.8) is 0 Å².